The molecule has 0 aliphatic rings. The van der Waals surface area contributed by atoms with Crippen LogP contribution in [0, 0.1) is 5.82 Å². The lowest BCUT2D eigenvalue weighted by atomic mass is 10.2. The van der Waals surface area contributed by atoms with Crippen molar-refractivity contribution in [2.45, 2.75) is 13.3 Å². The molecule has 17 heavy (non-hydrogen) atoms. The molecule has 0 fully saturated rings. The van der Waals surface area contributed by atoms with Crippen LogP contribution in [0.1, 0.15) is 13.3 Å². The first kappa shape index (κ1) is 13.9. The van der Waals surface area contributed by atoms with Gasteiger partial charge in [-0.2, -0.15) is 0 Å². The van der Waals surface area contributed by atoms with Crippen molar-refractivity contribution in [2.75, 3.05) is 25.2 Å². The molecular formula is C12H15ClFNO2. The van der Waals surface area contributed by atoms with Crippen LogP contribution < -0.4 is 4.90 Å². The Morgan fingerprint density at radius 1 is 1.53 bits per heavy atom. The highest BCUT2D eigenvalue weighted by molar-refractivity contribution is 6.30. The van der Waals surface area contributed by atoms with Crippen LogP contribution in [0.4, 0.5) is 10.1 Å². The summed E-state index contributed by atoms with van der Waals surface area (Å²) >= 11 is 5.59. The van der Waals surface area contributed by atoms with E-state index in [9.17, 15) is 9.18 Å². The molecule has 0 spiro atoms. The van der Waals surface area contributed by atoms with Crippen LogP contribution in [0.25, 0.3) is 0 Å². The molecule has 1 aromatic carbocycles. The molecule has 94 valence electrons. The van der Waals surface area contributed by atoms with Gasteiger partial charge in [-0.15, -0.1) is 0 Å². The van der Waals surface area contributed by atoms with E-state index in [1.807, 2.05) is 6.92 Å². The monoisotopic (exact) mass is 259 g/mol. The van der Waals surface area contributed by atoms with Crippen molar-refractivity contribution in [3.63, 3.8) is 0 Å². The summed E-state index contributed by atoms with van der Waals surface area (Å²) in [7, 11) is 1.53. The number of anilines is 1. The highest BCUT2D eigenvalue weighted by Gasteiger charge is 2.14. The number of benzene rings is 1. The Balaban J connectivity index is 2.85. The minimum absolute atomic E-state index is 0.0501. The predicted octanol–water partition coefficient (Wildman–Crippen LogP) is 2.87. The van der Waals surface area contributed by atoms with Gasteiger partial charge in [-0.1, -0.05) is 11.6 Å². The topological polar surface area (TPSA) is 29.5 Å². The number of amides is 1. The largest absolute Gasteiger partial charge is 0.384 e. The van der Waals surface area contributed by atoms with Gasteiger partial charge in [-0.3, -0.25) is 4.79 Å². The summed E-state index contributed by atoms with van der Waals surface area (Å²) in [5, 5.41) is 0.0501. The van der Waals surface area contributed by atoms with Gasteiger partial charge in [0.15, 0.2) is 0 Å². The van der Waals surface area contributed by atoms with Gasteiger partial charge in [-0.05, 0) is 25.1 Å². The molecule has 0 aliphatic carbocycles. The van der Waals surface area contributed by atoms with Crippen molar-refractivity contribution in [3.05, 3.63) is 29.0 Å². The number of carbonyl (C=O) groups excluding carboxylic acids is 1. The molecule has 1 rings (SSSR count). The van der Waals surface area contributed by atoms with Gasteiger partial charge in [-0.25, -0.2) is 4.39 Å². The predicted molar refractivity (Wildman–Crippen MR) is 65.9 cm³/mol. The second-order valence-electron chi connectivity index (χ2n) is 3.48. The summed E-state index contributed by atoms with van der Waals surface area (Å²) in [5.74, 6) is -0.627. The second kappa shape index (κ2) is 6.57. The van der Waals surface area contributed by atoms with Gasteiger partial charge in [0, 0.05) is 19.3 Å². The van der Waals surface area contributed by atoms with Crippen LogP contribution in [-0.2, 0) is 9.53 Å². The van der Waals surface area contributed by atoms with E-state index < -0.39 is 5.82 Å². The van der Waals surface area contributed by atoms with Gasteiger partial charge < -0.3 is 9.64 Å². The molecule has 0 saturated carbocycles. The number of nitrogens with zero attached hydrogens (tertiary/aromatic N) is 1. The maximum absolute atomic E-state index is 13.3. The second-order valence-corrected chi connectivity index (χ2v) is 3.89. The Morgan fingerprint density at radius 2 is 2.24 bits per heavy atom. The summed E-state index contributed by atoms with van der Waals surface area (Å²) in [4.78, 5) is 13.3. The zero-order chi connectivity index (χ0) is 12.8. The van der Waals surface area contributed by atoms with E-state index >= 15 is 0 Å². The number of ether oxygens (including phenoxy) is 1. The highest BCUT2D eigenvalue weighted by Crippen LogP contribution is 2.22. The summed E-state index contributed by atoms with van der Waals surface area (Å²) in [6, 6.07) is 4.33. The van der Waals surface area contributed by atoms with Crippen molar-refractivity contribution in [1.29, 1.82) is 0 Å². The molecule has 0 aromatic heterocycles. The van der Waals surface area contributed by atoms with Gasteiger partial charge in [0.2, 0.25) is 5.91 Å². The number of rotatable bonds is 5. The van der Waals surface area contributed by atoms with Crippen LogP contribution in [0.3, 0.4) is 0 Å². The summed E-state index contributed by atoms with van der Waals surface area (Å²) < 4.78 is 18.1. The molecule has 0 heterocycles. The number of halogens is 2. The van der Waals surface area contributed by atoms with Gasteiger partial charge in [0.25, 0.3) is 0 Å². The Labute approximate surface area is 105 Å². The standard InChI is InChI=1S/C12H15ClFNO2/c1-3-15(12(16)6-7-17-2)9-4-5-10(13)11(14)8-9/h4-5,8H,3,6-7H2,1-2H3. The minimum Gasteiger partial charge on any atom is -0.384 e. The Morgan fingerprint density at radius 3 is 2.76 bits per heavy atom. The van der Waals surface area contributed by atoms with E-state index in [0.717, 1.165) is 0 Å². The van der Waals surface area contributed by atoms with Gasteiger partial charge >= 0.3 is 0 Å². The number of carbonyl (C=O) groups is 1. The quantitative estimate of drug-likeness (QED) is 0.814. The normalized spacial score (nSPS) is 10.4. The smallest absolute Gasteiger partial charge is 0.229 e. The Hall–Kier alpha value is -1.13. The average molecular weight is 260 g/mol. The molecule has 0 bridgehead atoms. The van der Waals surface area contributed by atoms with Crippen LogP contribution in [-0.4, -0.2) is 26.2 Å². The fourth-order valence-corrected chi connectivity index (χ4v) is 1.60. The lowest BCUT2D eigenvalue weighted by molar-refractivity contribution is -0.119. The van der Waals surface area contributed by atoms with Crippen molar-refractivity contribution in [1.82, 2.24) is 0 Å². The van der Waals surface area contributed by atoms with E-state index in [2.05, 4.69) is 0 Å². The third kappa shape index (κ3) is 3.68. The Bertz CT molecular complexity index is 398. The number of hydrogen-bond donors (Lipinski definition) is 0. The van der Waals surface area contributed by atoms with Crippen LogP contribution in [0.15, 0.2) is 18.2 Å². The fourth-order valence-electron chi connectivity index (χ4n) is 1.48. The van der Waals surface area contributed by atoms with E-state index in [4.69, 9.17) is 16.3 Å². The molecule has 1 aromatic rings. The molecule has 0 saturated heterocycles. The molecule has 5 heteroatoms. The van der Waals surface area contributed by atoms with E-state index in [1.54, 1.807) is 6.07 Å². The lowest BCUT2D eigenvalue weighted by Crippen LogP contribution is -2.31. The third-order valence-corrected chi connectivity index (χ3v) is 2.66. The summed E-state index contributed by atoms with van der Waals surface area (Å²) in [6.07, 6.45) is 0.272. The molecule has 1 amide bonds. The van der Waals surface area contributed by atoms with Crippen LogP contribution >= 0.6 is 11.6 Å². The van der Waals surface area contributed by atoms with E-state index in [-0.39, 0.29) is 17.4 Å². The molecular weight excluding hydrogens is 245 g/mol. The van der Waals surface area contributed by atoms with Crippen LogP contribution in [0.5, 0.6) is 0 Å². The summed E-state index contributed by atoms with van der Waals surface area (Å²) in [5.41, 5.74) is 0.510. The van der Waals surface area contributed by atoms with E-state index in [0.29, 0.717) is 18.8 Å². The molecule has 0 aliphatic heterocycles. The van der Waals surface area contributed by atoms with Gasteiger partial charge in [0.05, 0.1) is 18.1 Å². The van der Waals surface area contributed by atoms with Crippen molar-refractivity contribution in [2.24, 2.45) is 0 Å². The fraction of sp³-hybridized carbons (Fsp3) is 0.417. The van der Waals surface area contributed by atoms with Gasteiger partial charge in [0.1, 0.15) is 5.82 Å². The minimum atomic E-state index is -0.526. The number of methoxy groups -OCH3 is 1. The SMILES string of the molecule is CCN(C(=O)CCOC)c1ccc(Cl)c(F)c1. The zero-order valence-electron chi connectivity index (χ0n) is 9.87. The molecule has 0 radical (unpaired) electrons. The van der Waals surface area contributed by atoms with Crippen LogP contribution in [0.2, 0.25) is 5.02 Å². The maximum Gasteiger partial charge on any atom is 0.229 e. The first-order valence-electron chi connectivity index (χ1n) is 5.34. The number of hydrogen-bond acceptors (Lipinski definition) is 2. The first-order chi connectivity index (χ1) is 8.10. The highest BCUT2D eigenvalue weighted by atomic mass is 35.5. The van der Waals surface area contributed by atoms with Crippen molar-refractivity contribution in [3.8, 4) is 0 Å². The van der Waals surface area contributed by atoms with Crippen molar-refractivity contribution < 1.29 is 13.9 Å². The average Bonchev–Trinajstić information content (AvgIpc) is 2.32. The van der Waals surface area contributed by atoms with E-state index in [1.165, 1.54) is 24.1 Å². The lowest BCUT2D eigenvalue weighted by Gasteiger charge is -2.21. The Kier molecular flexibility index (Phi) is 5.38. The molecule has 0 N–H and O–H groups in total. The first-order valence-corrected chi connectivity index (χ1v) is 5.72. The van der Waals surface area contributed by atoms with Crippen molar-refractivity contribution >= 4 is 23.2 Å². The molecule has 3 nitrogen and oxygen atoms in total. The summed E-state index contributed by atoms with van der Waals surface area (Å²) in [6.45, 7) is 2.66. The zero-order valence-corrected chi connectivity index (χ0v) is 10.6. The third-order valence-electron chi connectivity index (χ3n) is 2.35. The molecule has 0 atom stereocenters. The maximum atomic E-state index is 13.3. The molecule has 0 unspecified atom stereocenters.